The molecule has 0 saturated carbocycles. The van der Waals surface area contributed by atoms with Crippen molar-refractivity contribution in [2.75, 3.05) is 44.1 Å². The highest BCUT2D eigenvalue weighted by Gasteiger charge is 2.40. The first-order valence-electron chi connectivity index (χ1n) is 22.1. The average molecular weight is 862 g/mol. The number of likely N-dealkylation sites (tertiary alicyclic amines) is 2. The van der Waals surface area contributed by atoms with E-state index >= 15 is 0 Å². The van der Waals surface area contributed by atoms with Gasteiger partial charge in [-0.2, -0.15) is 0 Å². The van der Waals surface area contributed by atoms with E-state index in [-0.39, 0.29) is 47.8 Å². The second-order valence-electron chi connectivity index (χ2n) is 18.0. The molecule has 1 unspecified atom stereocenters. The third-order valence-electron chi connectivity index (χ3n) is 13.0. The second-order valence-corrected chi connectivity index (χ2v) is 18.0. The molecular weight excluding hydrogens is 803 g/mol. The highest BCUT2D eigenvalue weighted by molar-refractivity contribution is 5.87. The third-order valence-corrected chi connectivity index (χ3v) is 13.0. The van der Waals surface area contributed by atoms with Gasteiger partial charge in [-0.25, -0.2) is 24.5 Å². The van der Waals surface area contributed by atoms with Crippen molar-refractivity contribution in [3.8, 4) is 0 Å². The van der Waals surface area contributed by atoms with Crippen LogP contribution in [0.2, 0.25) is 0 Å². The van der Waals surface area contributed by atoms with Gasteiger partial charge in [0.15, 0.2) is 0 Å². The minimum absolute atomic E-state index is 0.00944. The molecule has 334 valence electrons. The zero-order valence-corrected chi connectivity index (χ0v) is 37.1. The standard InChI is InChI=1S/C46H59N11O6/c1-25(2)39(52-45(60)61)43(58)55-20-8-10-36(55)41-48-30-15-12-27(22-32(30)50-41)34-17-18-35(57(34)29-14-19-38(47-24-29)54(5)6)28-13-16-31-33(23-28)51-42(49-31)37-11-9-21-56(37)44(59)40(26(3)4)53-46(62)63-7/h12-16,19,22-26,34-37,39-40,52H,8-11,17-18,20-21H2,1-7H3,(H,48,50)(H,49,51)(H,53,62)(H,60,61)/t34-,35?,36+,37+,39+,40+/m1/s1. The monoisotopic (exact) mass is 861 g/mol. The minimum Gasteiger partial charge on any atom is -0.465 e. The number of nitrogens with zero attached hydrogens (tertiary/aromatic N) is 7. The number of carbonyl (C=O) groups excluding carboxylic acids is 3. The molecular formula is C46H59N11O6. The maximum absolute atomic E-state index is 13.8. The first-order chi connectivity index (χ1) is 30.2. The van der Waals surface area contributed by atoms with E-state index in [1.165, 1.54) is 7.11 Å². The Kier molecular flexibility index (Phi) is 12.2. The van der Waals surface area contributed by atoms with Crippen LogP contribution in [0.5, 0.6) is 0 Å². The summed E-state index contributed by atoms with van der Waals surface area (Å²) in [5, 5.41) is 14.6. The fourth-order valence-electron chi connectivity index (χ4n) is 9.78. The number of methoxy groups -OCH3 is 1. The van der Waals surface area contributed by atoms with Gasteiger partial charge in [0.05, 0.1) is 65.2 Å². The quantitative estimate of drug-likeness (QED) is 0.0865. The van der Waals surface area contributed by atoms with Crippen LogP contribution in [0, 0.1) is 11.8 Å². The number of nitrogens with one attached hydrogen (secondary N) is 4. The van der Waals surface area contributed by atoms with Crippen LogP contribution >= 0.6 is 0 Å². The predicted molar refractivity (Wildman–Crippen MR) is 239 cm³/mol. The molecule has 0 bridgehead atoms. The van der Waals surface area contributed by atoms with Crippen LogP contribution < -0.4 is 20.4 Å². The lowest BCUT2D eigenvalue weighted by Crippen LogP contribution is -2.51. The van der Waals surface area contributed by atoms with Gasteiger partial charge in [0, 0.05) is 27.2 Å². The number of rotatable bonds is 12. The SMILES string of the molecule is COC(=O)N[C@H](C(=O)N1CCC[C@H]1c1nc2ccc(C3CC[C@H](c4ccc5nc([C@@H]6CCCN6C(=O)[C@@H](NC(=O)O)C(C)C)[nH]c5c4)N3c3ccc(N(C)C)nc3)cc2[nH]1)C(C)C. The summed E-state index contributed by atoms with van der Waals surface area (Å²) in [7, 11) is 5.25. The summed E-state index contributed by atoms with van der Waals surface area (Å²) in [6.45, 7) is 8.61. The molecule has 3 fully saturated rings. The Labute approximate surface area is 367 Å². The van der Waals surface area contributed by atoms with E-state index in [1.807, 2.05) is 69.9 Å². The Morgan fingerprint density at radius 1 is 0.730 bits per heavy atom. The van der Waals surface area contributed by atoms with E-state index in [2.05, 4.69) is 61.9 Å². The molecule has 2 aromatic carbocycles. The smallest absolute Gasteiger partial charge is 0.407 e. The lowest BCUT2D eigenvalue weighted by Gasteiger charge is -2.33. The minimum atomic E-state index is -1.22. The number of hydrogen-bond donors (Lipinski definition) is 5. The van der Waals surface area contributed by atoms with Crippen LogP contribution in [0.3, 0.4) is 0 Å². The van der Waals surface area contributed by atoms with Gasteiger partial charge in [-0.1, -0.05) is 39.8 Å². The number of carboxylic acid groups (broad SMARTS) is 1. The van der Waals surface area contributed by atoms with Gasteiger partial charge in [0.2, 0.25) is 11.8 Å². The van der Waals surface area contributed by atoms with E-state index in [9.17, 15) is 24.3 Å². The van der Waals surface area contributed by atoms with Gasteiger partial charge in [-0.15, -0.1) is 0 Å². The number of fused-ring (bicyclic) bond motifs is 2. The molecule has 5 N–H and O–H groups in total. The lowest BCUT2D eigenvalue weighted by atomic mass is 10.0. The van der Waals surface area contributed by atoms with Gasteiger partial charge in [0.1, 0.15) is 29.6 Å². The summed E-state index contributed by atoms with van der Waals surface area (Å²) < 4.78 is 4.82. The summed E-state index contributed by atoms with van der Waals surface area (Å²) in [6, 6.07) is 14.8. The maximum Gasteiger partial charge on any atom is 0.407 e. The number of amides is 4. The molecule has 63 heavy (non-hydrogen) atoms. The van der Waals surface area contributed by atoms with Crippen LogP contribution in [0.1, 0.15) is 113 Å². The van der Waals surface area contributed by atoms with Crippen LogP contribution in [0.15, 0.2) is 54.7 Å². The van der Waals surface area contributed by atoms with Gasteiger partial charge in [0.25, 0.3) is 0 Å². The summed E-state index contributed by atoms with van der Waals surface area (Å²) >= 11 is 0. The number of hydrogen-bond acceptors (Lipinski definition) is 10. The molecule has 4 amide bonds. The molecule has 3 aliphatic rings. The van der Waals surface area contributed by atoms with Crippen LogP contribution in [0.4, 0.5) is 21.1 Å². The molecule has 0 spiro atoms. The van der Waals surface area contributed by atoms with Crippen LogP contribution in [-0.4, -0.2) is 110 Å². The molecule has 0 aliphatic carbocycles. The average Bonchev–Trinajstić information content (AvgIpc) is 4.12. The molecule has 17 heteroatoms. The highest BCUT2D eigenvalue weighted by atomic mass is 16.5. The number of imidazole rings is 2. The van der Waals surface area contributed by atoms with Gasteiger partial charge in [-0.05, 0) is 97.9 Å². The van der Waals surface area contributed by atoms with Crippen molar-refractivity contribution in [1.29, 1.82) is 0 Å². The number of carbonyl (C=O) groups is 4. The number of pyridine rings is 1. The zero-order chi connectivity index (χ0) is 44.7. The van der Waals surface area contributed by atoms with Crippen molar-refractivity contribution >= 4 is 57.6 Å². The van der Waals surface area contributed by atoms with Gasteiger partial charge >= 0.3 is 12.2 Å². The van der Waals surface area contributed by atoms with Gasteiger partial charge in [-0.3, -0.25) is 9.59 Å². The molecule has 3 aromatic heterocycles. The van der Waals surface area contributed by atoms with Crippen molar-refractivity contribution in [1.82, 2.24) is 45.4 Å². The highest BCUT2D eigenvalue weighted by Crippen LogP contribution is 2.48. The molecule has 0 radical (unpaired) electrons. The topological polar surface area (TPSA) is 205 Å². The molecule has 17 nitrogen and oxygen atoms in total. The van der Waals surface area contributed by atoms with Crippen molar-refractivity contribution in [3.63, 3.8) is 0 Å². The van der Waals surface area contributed by atoms with E-state index in [0.29, 0.717) is 18.9 Å². The fourth-order valence-corrected chi connectivity index (χ4v) is 9.78. The first kappa shape index (κ1) is 43.3. The van der Waals surface area contributed by atoms with E-state index in [0.717, 1.165) is 89.0 Å². The maximum atomic E-state index is 13.8. The van der Waals surface area contributed by atoms with Gasteiger partial charge < -0.3 is 50.0 Å². The van der Waals surface area contributed by atoms with Crippen molar-refractivity contribution in [3.05, 3.63) is 77.5 Å². The first-order valence-corrected chi connectivity index (χ1v) is 22.1. The Hall–Kier alpha value is -6.39. The number of alkyl carbamates (subject to hydrolysis) is 1. The summed E-state index contributed by atoms with van der Waals surface area (Å²) in [6.07, 6.45) is 4.99. The largest absolute Gasteiger partial charge is 0.465 e. The number of anilines is 2. The second kappa shape index (κ2) is 17.8. The van der Waals surface area contributed by atoms with E-state index in [4.69, 9.17) is 19.7 Å². The molecule has 8 rings (SSSR count). The van der Waals surface area contributed by atoms with Crippen LogP contribution in [-0.2, 0) is 14.3 Å². The molecule has 5 aromatic rings. The number of aromatic nitrogens is 5. The van der Waals surface area contributed by atoms with Crippen molar-refractivity contribution in [2.24, 2.45) is 11.8 Å². The Bertz CT molecular complexity index is 2480. The number of ether oxygens (including phenoxy) is 1. The van der Waals surface area contributed by atoms with E-state index < -0.39 is 24.3 Å². The van der Waals surface area contributed by atoms with E-state index in [1.54, 1.807) is 4.90 Å². The number of aromatic amines is 2. The van der Waals surface area contributed by atoms with Crippen LogP contribution in [0.25, 0.3) is 22.1 Å². The zero-order valence-electron chi connectivity index (χ0n) is 37.1. The van der Waals surface area contributed by atoms with Crippen molar-refractivity contribution in [2.45, 2.75) is 102 Å². The van der Waals surface area contributed by atoms with Crippen molar-refractivity contribution < 1.29 is 29.0 Å². The summed E-state index contributed by atoms with van der Waals surface area (Å²) in [4.78, 5) is 81.2. The normalized spacial score (nSPS) is 21.1. The molecule has 6 heterocycles. The summed E-state index contributed by atoms with van der Waals surface area (Å²) in [5.41, 5.74) is 6.65. The Balaban J connectivity index is 1.08. The predicted octanol–water partition coefficient (Wildman–Crippen LogP) is 6.98. The fraction of sp³-hybridized carbons (Fsp3) is 0.500. The molecule has 6 atom stereocenters. The third kappa shape index (κ3) is 8.56. The number of H-pyrrole nitrogens is 2. The number of benzene rings is 2. The Morgan fingerprint density at radius 3 is 1.67 bits per heavy atom. The molecule has 3 aliphatic heterocycles. The molecule has 3 saturated heterocycles. The lowest BCUT2D eigenvalue weighted by molar-refractivity contribution is -0.136. The Morgan fingerprint density at radius 2 is 1.24 bits per heavy atom. The summed E-state index contributed by atoms with van der Waals surface area (Å²) in [5.74, 6) is 1.57.